The van der Waals surface area contributed by atoms with Crippen molar-refractivity contribution in [1.29, 1.82) is 0 Å². The number of anilines is 1. The highest BCUT2D eigenvalue weighted by atomic mass is 35.5. The SMILES string of the molecule is Cc1cc(=O)n(Cc2ccc(Cl)cc2N)cn1. The molecule has 5 heteroatoms. The molecule has 0 fully saturated rings. The molecule has 0 aliphatic rings. The summed E-state index contributed by atoms with van der Waals surface area (Å²) in [5.41, 5.74) is 7.87. The predicted octanol–water partition coefficient (Wildman–Crippen LogP) is 1.84. The van der Waals surface area contributed by atoms with Crippen LogP contribution < -0.4 is 11.3 Å². The fourth-order valence-electron chi connectivity index (χ4n) is 1.53. The summed E-state index contributed by atoms with van der Waals surface area (Å²) in [5.74, 6) is 0. The van der Waals surface area contributed by atoms with E-state index in [1.165, 1.54) is 17.0 Å². The van der Waals surface area contributed by atoms with Crippen LogP contribution in [0.5, 0.6) is 0 Å². The van der Waals surface area contributed by atoms with Gasteiger partial charge in [0, 0.05) is 22.5 Å². The minimum atomic E-state index is -0.0909. The van der Waals surface area contributed by atoms with Crippen LogP contribution in [-0.4, -0.2) is 9.55 Å². The van der Waals surface area contributed by atoms with Gasteiger partial charge in [0.15, 0.2) is 0 Å². The van der Waals surface area contributed by atoms with Crippen molar-refractivity contribution in [2.45, 2.75) is 13.5 Å². The molecule has 2 rings (SSSR count). The largest absolute Gasteiger partial charge is 0.398 e. The third-order valence-electron chi connectivity index (χ3n) is 2.46. The number of aromatic nitrogens is 2. The van der Waals surface area contributed by atoms with Gasteiger partial charge in [-0.1, -0.05) is 17.7 Å². The molecule has 17 heavy (non-hydrogen) atoms. The van der Waals surface area contributed by atoms with Crippen LogP contribution in [-0.2, 0) is 6.54 Å². The summed E-state index contributed by atoms with van der Waals surface area (Å²) in [6, 6.07) is 6.72. The van der Waals surface area contributed by atoms with Crippen LogP contribution in [0.2, 0.25) is 5.02 Å². The highest BCUT2D eigenvalue weighted by Crippen LogP contribution is 2.18. The molecular weight excluding hydrogens is 238 g/mol. The smallest absolute Gasteiger partial charge is 0.253 e. The van der Waals surface area contributed by atoms with Crippen molar-refractivity contribution >= 4 is 17.3 Å². The first-order chi connectivity index (χ1) is 8.06. The maximum atomic E-state index is 11.7. The van der Waals surface area contributed by atoms with E-state index in [1.807, 2.05) is 6.07 Å². The molecule has 0 spiro atoms. The molecule has 1 heterocycles. The second kappa shape index (κ2) is 4.59. The second-order valence-electron chi connectivity index (χ2n) is 3.84. The van der Waals surface area contributed by atoms with E-state index >= 15 is 0 Å². The van der Waals surface area contributed by atoms with E-state index in [-0.39, 0.29) is 5.56 Å². The van der Waals surface area contributed by atoms with Crippen molar-refractivity contribution in [3.05, 3.63) is 57.2 Å². The number of benzene rings is 1. The summed E-state index contributed by atoms with van der Waals surface area (Å²) in [5, 5.41) is 0.584. The Morgan fingerprint density at radius 3 is 2.82 bits per heavy atom. The average Bonchev–Trinajstić information content (AvgIpc) is 2.25. The minimum absolute atomic E-state index is 0.0909. The third-order valence-corrected chi connectivity index (χ3v) is 2.70. The highest BCUT2D eigenvalue weighted by Gasteiger charge is 2.03. The Balaban J connectivity index is 2.35. The van der Waals surface area contributed by atoms with Gasteiger partial charge in [0.25, 0.3) is 5.56 Å². The first-order valence-electron chi connectivity index (χ1n) is 5.13. The fourth-order valence-corrected chi connectivity index (χ4v) is 1.71. The molecule has 0 aliphatic carbocycles. The number of nitrogen functional groups attached to an aromatic ring is 1. The van der Waals surface area contributed by atoms with Gasteiger partial charge >= 0.3 is 0 Å². The zero-order valence-corrected chi connectivity index (χ0v) is 10.1. The monoisotopic (exact) mass is 249 g/mol. The molecule has 0 aliphatic heterocycles. The van der Waals surface area contributed by atoms with Crippen LogP contribution in [0, 0.1) is 6.92 Å². The van der Waals surface area contributed by atoms with Gasteiger partial charge in [0.2, 0.25) is 0 Å². The lowest BCUT2D eigenvalue weighted by Crippen LogP contribution is -2.21. The van der Waals surface area contributed by atoms with Crippen molar-refractivity contribution in [3.8, 4) is 0 Å². The first-order valence-corrected chi connectivity index (χ1v) is 5.51. The molecule has 1 aromatic heterocycles. The zero-order chi connectivity index (χ0) is 12.4. The summed E-state index contributed by atoms with van der Waals surface area (Å²) < 4.78 is 1.51. The lowest BCUT2D eigenvalue weighted by molar-refractivity contribution is 0.731. The number of hydrogen-bond donors (Lipinski definition) is 1. The molecular formula is C12H12ClN3O. The molecule has 2 N–H and O–H groups in total. The van der Waals surface area contributed by atoms with E-state index in [2.05, 4.69) is 4.98 Å². The number of nitrogens with two attached hydrogens (primary N) is 1. The van der Waals surface area contributed by atoms with Crippen LogP contribution in [0.4, 0.5) is 5.69 Å². The van der Waals surface area contributed by atoms with Crippen LogP contribution in [0.25, 0.3) is 0 Å². The molecule has 0 radical (unpaired) electrons. The van der Waals surface area contributed by atoms with E-state index in [4.69, 9.17) is 17.3 Å². The van der Waals surface area contributed by atoms with Gasteiger partial charge in [0.05, 0.1) is 12.9 Å². The predicted molar refractivity (Wildman–Crippen MR) is 68.2 cm³/mol. The molecule has 4 nitrogen and oxygen atoms in total. The summed E-state index contributed by atoms with van der Waals surface area (Å²) in [6.07, 6.45) is 1.52. The summed E-state index contributed by atoms with van der Waals surface area (Å²) >= 11 is 5.81. The van der Waals surface area contributed by atoms with Gasteiger partial charge in [-0.25, -0.2) is 4.98 Å². The first kappa shape index (κ1) is 11.7. The number of nitrogens with zero attached hydrogens (tertiary/aromatic N) is 2. The standard InChI is InChI=1S/C12H12ClN3O/c1-8-4-12(17)16(7-15-8)6-9-2-3-10(13)5-11(9)14/h2-5,7H,6,14H2,1H3. The van der Waals surface area contributed by atoms with Crippen molar-refractivity contribution < 1.29 is 0 Å². The third kappa shape index (κ3) is 2.65. The minimum Gasteiger partial charge on any atom is -0.398 e. The van der Waals surface area contributed by atoms with Gasteiger partial charge in [-0.2, -0.15) is 0 Å². The Bertz CT molecular complexity index is 607. The van der Waals surface area contributed by atoms with E-state index < -0.39 is 0 Å². The molecule has 0 saturated carbocycles. The van der Waals surface area contributed by atoms with Crippen LogP contribution in [0.3, 0.4) is 0 Å². The van der Waals surface area contributed by atoms with Crippen molar-refractivity contribution in [1.82, 2.24) is 9.55 Å². The number of halogens is 1. The fraction of sp³-hybridized carbons (Fsp3) is 0.167. The zero-order valence-electron chi connectivity index (χ0n) is 9.35. The van der Waals surface area contributed by atoms with Crippen LogP contribution in [0.1, 0.15) is 11.3 Å². The van der Waals surface area contributed by atoms with Crippen LogP contribution in [0.15, 0.2) is 35.4 Å². The summed E-state index contributed by atoms with van der Waals surface area (Å²) in [4.78, 5) is 15.8. The number of rotatable bonds is 2. The topological polar surface area (TPSA) is 60.9 Å². The van der Waals surface area contributed by atoms with Gasteiger partial charge in [-0.05, 0) is 24.6 Å². The van der Waals surface area contributed by atoms with Crippen molar-refractivity contribution in [2.75, 3.05) is 5.73 Å². The number of hydrogen-bond acceptors (Lipinski definition) is 3. The van der Waals surface area contributed by atoms with E-state index in [0.29, 0.717) is 22.9 Å². The van der Waals surface area contributed by atoms with Gasteiger partial charge in [-0.15, -0.1) is 0 Å². The van der Waals surface area contributed by atoms with Crippen molar-refractivity contribution in [3.63, 3.8) is 0 Å². The maximum Gasteiger partial charge on any atom is 0.253 e. The molecule has 0 saturated heterocycles. The average molecular weight is 250 g/mol. The maximum absolute atomic E-state index is 11.7. The lowest BCUT2D eigenvalue weighted by Gasteiger charge is -2.08. The number of aryl methyl sites for hydroxylation is 1. The Labute approximate surface area is 104 Å². The van der Waals surface area contributed by atoms with Gasteiger partial charge in [-0.3, -0.25) is 9.36 Å². The molecule has 0 unspecified atom stereocenters. The highest BCUT2D eigenvalue weighted by molar-refractivity contribution is 6.30. The Morgan fingerprint density at radius 2 is 2.18 bits per heavy atom. The molecule has 0 atom stereocenters. The molecule has 88 valence electrons. The second-order valence-corrected chi connectivity index (χ2v) is 4.28. The van der Waals surface area contributed by atoms with Gasteiger partial charge < -0.3 is 5.73 Å². The van der Waals surface area contributed by atoms with E-state index in [9.17, 15) is 4.79 Å². The van der Waals surface area contributed by atoms with Crippen molar-refractivity contribution in [2.24, 2.45) is 0 Å². The van der Waals surface area contributed by atoms with E-state index in [1.54, 1.807) is 19.1 Å². The molecule has 1 aromatic carbocycles. The Morgan fingerprint density at radius 1 is 1.41 bits per heavy atom. The summed E-state index contributed by atoms with van der Waals surface area (Å²) in [7, 11) is 0. The quantitative estimate of drug-likeness (QED) is 0.826. The molecule has 0 amide bonds. The Hall–Kier alpha value is -1.81. The molecule has 2 aromatic rings. The molecule has 0 bridgehead atoms. The Kier molecular flexibility index (Phi) is 3.15. The van der Waals surface area contributed by atoms with Crippen LogP contribution >= 0.6 is 11.6 Å². The van der Waals surface area contributed by atoms with E-state index in [0.717, 1.165) is 5.56 Å². The lowest BCUT2D eigenvalue weighted by atomic mass is 10.2. The van der Waals surface area contributed by atoms with Gasteiger partial charge in [0.1, 0.15) is 0 Å². The normalized spacial score (nSPS) is 10.5. The summed E-state index contributed by atoms with van der Waals surface area (Å²) in [6.45, 7) is 2.18.